The van der Waals surface area contributed by atoms with E-state index in [0.717, 1.165) is 24.3 Å². The van der Waals surface area contributed by atoms with Gasteiger partial charge in [-0.15, -0.1) is 0 Å². The Morgan fingerprint density at radius 2 is 1.93 bits per heavy atom. The number of para-hydroxylation sites is 1. The summed E-state index contributed by atoms with van der Waals surface area (Å²) in [5, 5.41) is 16.0. The van der Waals surface area contributed by atoms with Crippen molar-refractivity contribution in [3.8, 4) is 0 Å². The molecule has 1 saturated heterocycles. The largest absolute Gasteiger partial charge is 0.385 e. The van der Waals surface area contributed by atoms with Crippen LogP contribution in [0.2, 0.25) is 0 Å². The molecule has 9 heteroatoms. The molecule has 152 valence electrons. The summed E-state index contributed by atoms with van der Waals surface area (Å²) in [5.74, 6) is -1.09. The van der Waals surface area contributed by atoms with Crippen LogP contribution >= 0.6 is 0 Å². The minimum atomic E-state index is -0.448. The highest BCUT2D eigenvalue weighted by Gasteiger charge is 2.34. The molecule has 3 aliphatic rings. The predicted octanol–water partition coefficient (Wildman–Crippen LogP) is 1.42. The first-order valence-corrected chi connectivity index (χ1v) is 9.52. The molecule has 0 spiro atoms. The second kappa shape index (κ2) is 7.27. The SMILES string of the molecule is O=C(CO/N=C1/C(=C2/C(=O)Nc3ccc(F)cc32)Nc2ccccc21)NC1CNC1. The topological polar surface area (TPSA) is 104 Å². The molecule has 3 heterocycles. The van der Waals surface area contributed by atoms with Crippen LogP contribution < -0.4 is 21.3 Å². The van der Waals surface area contributed by atoms with Gasteiger partial charge in [0.2, 0.25) is 0 Å². The van der Waals surface area contributed by atoms with E-state index in [9.17, 15) is 14.0 Å². The first-order valence-electron chi connectivity index (χ1n) is 9.52. The number of nitrogens with zero attached hydrogens (tertiary/aromatic N) is 1. The lowest BCUT2D eigenvalue weighted by Crippen LogP contribution is -2.57. The normalized spacial score (nSPS) is 20.8. The molecule has 2 aromatic carbocycles. The third-order valence-corrected chi connectivity index (χ3v) is 5.15. The molecule has 0 atom stereocenters. The number of oxime groups is 1. The van der Waals surface area contributed by atoms with Gasteiger partial charge in [0, 0.05) is 35.6 Å². The molecule has 0 radical (unpaired) electrons. The molecule has 0 aliphatic carbocycles. The molecule has 4 N–H and O–H groups in total. The summed E-state index contributed by atoms with van der Waals surface area (Å²) in [5.41, 5.74) is 3.49. The van der Waals surface area contributed by atoms with Crippen LogP contribution in [0, 0.1) is 5.82 Å². The van der Waals surface area contributed by atoms with E-state index in [2.05, 4.69) is 26.4 Å². The van der Waals surface area contributed by atoms with Gasteiger partial charge in [-0.05, 0) is 24.3 Å². The quantitative estimate of drug-likeness (QED) is 0.454. The van der Waals surface area contributed by atoms with E-state index in [-0.39, 0.29) is 30.0 Å². The van der Waals surface area contributed by atoms with Crippen molar-refractivity contribution < 1.29 is 18.8 Å². The molecule has 30 heavy (non-hydrogen) atoms. The van der Waals surface area contributed by atoms with Crippen molar-refractivity contribution in [1.82, 2.24) is 10.6 Å². The highest BCUT2D eigenvalue weighted by Crippen LogP contribution is 2.39. The third-order valence-electron chi connectivity index (χ3n) is 5.15. The second-order valence-corrected chi connectivity index (χ2v) is 7.20. The van der Waals surface area contributed by atoms with Gasteiger partial charge in [-0.2, -0.15) is 0 Å². The fraction of sp³-hybridized carbons (Fsp3) is 0.190. The summed E-state index contributed by atoms with van der Waals surface area (Å²) in [6.07, 6.45) is 0. The van der Waals surface area contributed by atoms with Crippen LogP contribution in [0.15, 0.2) is 53.3 Å². The van der Waals surface area contributed by atoms with Crippen molar-refractivity contribution >= 4 is 34.5 Å². The van der Waals surface area contributed by atoms with Crippen LogP contribution in [0.5, 0.6) is 0 Å². The summed E-state index contributed by atoms with van der Waals surface area (Å²) >= 11 is 0. The first-order chi connectivity index (χ1) is 14.6. The molecule has 0 aromatic heterocycles. The van der Waals surface area contributed by atoms with Crippen molar-refractivity contribution in [2.75, 3.05) is 30.3 Å². The van der Waals surface area contributed by atoms with Crippen molar-refractivity contribution in [2.45, 2.75) is 6.04 Å². The fourth-order valence-corrected chi connectivity index (χ4v) is 3.61. The third kappa shape index (κ3) is 3.18. The number of fused-ring (bicyclic) bond motifs is 2. The lowest BCUT2D eigenvalue weighted by Gasteiger charge is -2.27. The van der Waals surface area contributed by atoms with Crippen LogP contribution in [0.25, 0.3) is 5.57 Å². The van der Waals surface area contributed by atoms with Gasteiger partial charge in [0.15, 0.2) is 6.61 Å². The van der Waals surface area contributed by atoms with Gasteiger partial charge in [0.25, 0.3) is 11.8 Å². The van der Waals surface area contributed by atoms with Gasteiger partial charge >= 0.3 is 0 Å². The number of nitrogens with one attached hydrogen (secondary N) is 4. The Labute approximate surface area is 171 Å². The number of amides is 2. The Hall–Kier alpha value is -3.72. The maximum Gasteiger partial charge on any atom is 0.261 e. The number of hydrogen-bond donors (Lipinski definition) is 4. The van der Waals surface area contributed by atoms with Crippen LogP contribution in [0.4, 0.5) is 15.8 Å². The Bertz CT molecular complexity index is 1120. The minimum Gasteiger partial charge on any atom is -0.385 e. The monoisotopic (exact) mass is 407 g/mol. The van der Waals surface area contributed by atoms with E-state index in [1.54, 1.807) is 0 Å². The van der Waals surface area contributed by atoms with E-state index < -0.39 is 5.82 Å². The summed E-state index contributed by atoms with van der Waals surface area (Å²) in [6, 6.07) is 11.6. The number of hydrogen-bond acceptors (Lipinski definition) is 6. The zero-order valence-electron chi connectivity index (χ0n) is 15.8. The molecular weight excluding hydrogens is 389 g/mol. The predicted molar refractivity (Wildman–Crippen MR) is 109 cm³/mol. The van der Waals surface area contributed by atoms with Gasteiger partial charge in [0.05, 0.1) is 17.3 Å². The summed E-state index contributed by atoms with van der Waals surface area (Å²) in [7, 11) is 0. The number of allylic oxidation sites excluding steroid dienone is 1. The van der Waals surface area contributed by atoms with E-state index >= 15 is 0 Å². The van der Waals surface area contributed by atoms with E-state index in [0.29, 0.717) is 22.7 Å². The molecule has 3 aliphatic heterocycles. The molecule has 0 unspecified atom stereocenters. The molecule has 0 bridgehead atoms. The number of carbonyl (C=O) groups excluding carboxylic acids is 2. The average Bonchev–Trinajstić information content (AvgIpc) is 3.21. The first kappa shape index (κ1) is 18.3. The lowest BCUT2D eigenvalue weighted by molar-refractivity contribution is -0.126. The fourth-order valence-electron chi connectivity index (χ4n) is 3.61. The van der Waals surface area contributed by atoms with Gasteiger partial charge in [0.1, 0.15) is 11.5 Å². The maximum absolute atomic E-state index is 13.9. The van der Waals surface area contributed by atoms with Gasteiger partial charge in [-0.1, -0.05) is 23.4 Å². The zero-order chi connectivity index (χ0) is 20.7. The molecule has 5 rings (SSSR count). The Kier molecular flexibility index (Phi) is 4.44. The van der Waals surface area contributed by atoms with Crippen molar-refractivity contribution in [1.29, 1.82) is 0 Å². The average molecular weight is 407 g/mol. The number of anilines is 2. The molecular formula is C21H18FN5O3. The van der Waals surface area contributed by atoms with Gasteiger partial charge < -0.3 is 26.1 Å². The summed E-state index contributed by atoms with van der Waals surface area (Å²) < 4.78 is 13.9. The van der Waals surface area contributed by atoms with Crippen LogP contribution in [-0.4, -0.2) is 43.3 Å². The highest BCUT2D eigenvalue weighted by atomic mass is 19.1. The van der Waals surface area contributed by atoms with Crippen LogP contribution in [-0.2, 0) is 14.4 Å². The molecule has 2 aromatic rings. The number of carbonyl (C=O) groups is 2. The summed E-state index contributed by atoms with van der Waals surface area (Å²) in [6.45, 7) is 1.22. The number of halogens is 1. The van der Waals surface area contributed by atoms with Crippen molar-refractivity contribution in [3.63, 3.8) is 0 Å². The Balaban J connectivity index is 1.49. The maximum atomic E-state index is 13.9. The Morgan fingerprint density at radius 1 is 1.13 bits per heavy atom. The highest BCUT2D eigenvalue weighted by molar-refractivity contribution is 6.39. The lowest BCUT2D eigenvalue weighted by atomic mass is 10.0. The van der Waals surface area contributed by atoms with E-state index in [4.69, 9.17) is 4.84 Å². The smallest absolute Gasteiger partial charge is 0.261 e. The summed E-state index contributed by atoms with van der Waals surface area (Å²) in [4.78, 5) is 30.0. The molecule has 0 saturated carbocycles. The molecule has 8 nitrogen and oxygen atoms in total. The van der Waals surface area contributed by atoms with Crippen LogP contribution in [0.1, 0.15) is 11.1 Å². The van der Waals surface area contributed by atoms with Crippen LogP contribution in [0.3, 0.4) is 0 Å². The standard InChI is InChI=1S/C21H18FN5O3/c22-11-5-6-16-14(7-11)18(21(29)26-16)20-19(13-3-1-2-4-15(13)25-20)27-30-10-17(28)24-12-8-23-9-12/h1-7,12,23,25H,8-10H2,(H,24,28)(H,26,29)/b20-18-,27-19+. The molecule has 1 fully saturated rings. The van der Waals surface area contributed by atoms with E-state index in [1.165, 1.54) is 18.2 Å². The van der Waals surface area contributed by atoms with Crippen molar-refractivity contribution in [2.24, 2.45) is 5.16 Å². The van der Waals surface area contributed by atoms with Gasteiger partial charge in [-0.3, -0.25) is 9.59 Å². The van der Waals surface area contributed by atoms with Crippen molar-refractivity contribution in [3.05, 3.63) is 65.1 Å². The van der Waals surface area contributed by atoms with E-state index in [1.807, 2.05) is 24.3 Å². The molecule has 2 amide bonds. The second-order valence-electron chi connectivity index (χ2n) is 7.20. The minimum absolute atomic E-state index is 0.105. The zero-order valence-corrected chi connectivity index (χ0v) is 15.8. The number of rotatable bonds is 4. The van der Waals surface area contributed by atoms with Gasteiger partial charge in [-0.25, -0.2) is 4.39 Å². The Morgan fingerprint density at radius 3 is 2.73 bits per heavy atom. The number of benzene rings is 2.